The summed E-state index contributed by atoms with van der Waals surface area (Å²) < 4.78 is 9.98. The minimum Gasteiger partial charge on any atom is -0.467 e. The Morgan fingerprint density at radius 2 is 2.40 bits per heavy atom. The van der Waals surface area contributed by atoms with Crippen molar-refractivity contribution in [2.75, 3.05) is 26.9 Å². The van der Waals surface area contributed by atoms with E-state index in [1.165, 1.54) is 12.0 Å². The van der Waals surface area contributed by atoms with Crippen LogP contribution in [-0.2, 0) is 25.5 Å². The van der Waals surface area contributed by atoms with Crippen LogP contribution in [0.4, 0.5) is 0 Å². The molecule has 0 radical (unpaired) electrons. The summed E-state index contributed by atoms with van der Waals surface area (Å²) in [7, 11) is 1.33. The molecule has 1 aliphatic heterocycles. The average Bonchev–Trinajstić information content (AvgIpc) is 2.99. The van der Waals surface area contributed by atoms with Crippen molar-refractivity contribution in [3.63, 3.8) is 0 Å². The topological polar surface area (TPSA) is 55.8 Å². The normalized spacial score (nSPS) is 18.9. The number of ether oxygens (including phenoxy) is 2. The van der Waals surface area contributed by atoms with Crippen molar-refractivity contribution >= 4 is 23.2 Å². The van der Waals surface area contributed by atoms with Gasteiger partial charge in [-0.05, 0) is 24.3 Å². The second-order valence-electron chi connectivity index (χ2n) is 4.63. The molecule has 1 aromatic heterocycles. The molecule has 0 aliphatic carbocycles. The highest BCUT2D eigenvalue weighted by atomic mass is 32.1. The molecule has 1 atom stereocenters. The second kappa shape index (κ2) is 7.40. The predicted molar refractivity (Wildman–Crippen MR) is 75.6 cm³/mol. The summed E-state index contributed by atoms with van der Waals surface area (Å²) >= 11 is 1.70. The number of hydrogen-bond acceptors (Lipinski definition) is 5. The monoisotopic (exact) mass is 297 g/mol. The van der Waals surface area contributed by atoms with Crippen LogP contribution in [0.1, 0.15) is 17.7 Å². The zero-order valence-electron chi connectivity index (χ0n) is 11.5. The van der Waals surface area contributed by atoms with Gasteiger partial charge in [0.15, 0.2) is 6.04 Å². The Bertz CT molecular complexity index is 446. The molecule has 0 aromatic carbocycles. The van der Waals surface area contributed by atoms with Gasteiger partial charge in [0.25, 0.3) is 0 Å². The third-order valence-corrected chi connectivity index (χ3v) is 4.25. The standard InChI is InChI=1S/C14H19NO4S/c1-18-14(17)12-10-19-8-7-15(12)13(16)6-2-4-11-5-3-9-20-11/h3,5,9,12H,2,4,6-8,10H2,1H3. The van der Waals surface area contributed by atoms with Crippen LogP contribution in [-0.4, -0.2) is 49.7 Å². The van der Waals surface area contributed by atoms with E-state index in [1.807, 2.05) is 11.4 Å². The summed E-state index contributed by atoms with van der Waals surface area (Å²) in [4.78, 5) is 26.7. The number of esters is 1. The van der Waals surface area contributed by atoms with Gasteiger partial charge >= 0.3 is 5.97 Å². The zero-order valence-corrected chi connectivity index (χ0v) is 12.4. The smallest absolute Gasteiger partial charge is 0.331 e. The molecule has 1 fully saturated rings. The maximum absolute atomic E-state index is 12.2. The van der Waals surface area contributed by atoms with Gasteiger partial charge in [-0.1, -0.05) is 6.07 Å². The van der Waals surface area contributed by atoms with Gasteiger partial charge in [-0.2, -0.15) is 0 Å². The number of carbonyl (C=O) groups excluding carboxylic acids is 2. The number of amides is 1. The highest BCUT2D eigenvalue weighted by Gasteiger charge is 2.33. The zero-order chi connectivity index (χ0) is 14.4. The predicted octanol–water partition coefficient (Wildman–Crippen LogP) is 1.47. The number of morpholine rings is 1. The van der Waals surface area contributed by atoms with Gasteiger partial charge in [-0.25, -0.2) is 4.79 Å². The van der Waals surface area contributed by atoms with E-state index >= 15 is 0 Å². The third kappa shape index (κ3) is 3.80. The Morgan fingerprint density at radius 3 is 3.10 bits per heavy atom. The van der Waals surface area contributed by atoms with E-state index in [9.17, 15) is 9.59 Å². The summed E-state index contributed by atoms with van der Waals surface area (Å²) in [6, 6.07) is 3.49. The van der Waals surface area contributed by atoms with Crippen molar-refractivity contribution in [2.45, 2.75) is 25.3 Å². The summed E-state index contributed by atoms with van der Waals surface area (Å²) in [6.07, 6.45) is 2.15. The molecule has 2 rings (SSSR count). The molecule has 1 unspecified atom stereocenters. The van der Waals surface area contributed by atoms with Crippen LogP contribution in [0.25, 0.3) is 0 Å². The number of methoxy groups -OCH3 is 1. The molecule has 0 bridgehead atoms. The Balaban J connectivity index is 1.84. The Morgan fingerprint density at radius 1 is 1.55 bits per heavy atom. The van der Waals surface area contributed by atoms with Gasteiger partial charge in [0.05, 0.1) is 20.3 Å². The lowest BCUT2D eigenvalue weighted by atomic mass is 10.1. The van der Waals surface area contributed by atoms with Crippen LogP contribution in [0.3, 0.4) is 0 Å². The first-order valence-corrected chi connectivity index (χ1v) is 7.57. The molecule has 20 heavy (non-hydrogen) atoms. The molecule has 1 aromatic rings. The third-order valence-electron chi connectivity index (χ3n) is 3.32. The Hall–Kier alpha value is -1.40. The summed E-state index contributed by atoms with van der Waals surface area (Å²) in [5, 5.41) is 2.03. The fourth-order valence-corrected chi connectivity index (χ4v) is 3.00. The SMILES string of the molecule is COC(=O)C1COCCN1C(=O)CCCc1cccs1. The molecule has 1 amide bonds. The van der Waals surface area contributed by atoms with E-state index in [2.05, 4.69) is 6.07 Å². The number of nitrogens with zero attached hydrogens (tertiary/aromatic N) is 1. The lowest BCUT2D eigenvalue weighted by molar-refractivity contribution is -0.160. The molecule has 6 heteroatoms. The minimum atomic E-state index is -0.594. The fourth-order valence-electron chi connectivity index (χ4n) is 2.25. The highest BCUT2D eigenvalue weighted by molar-refractivity contribution is 7.09. The van der Waals surface area contributed by atoms with Crippen molar-refractivity contribution in [2.24, 2.45) is 0 Å². The van der Waals surface area contributed by atoms with Gasteiger partial charge in [0.2, 0.25) is 5.91 Å². The van der Waals surface area contributed by atoms with Crippen LogP contribution in [0, 0.1) is 0 Å². The maximum atomic E-state index is 12.2. The number of carbonyl (C=O) groups is 2. The van der Waals surface area contributed by atoms with Crippen LogP contribution >= 0.6 is 11.3 Å². The molecule has 2 heterocycles. The van der Waals surface area contributed by atoms with Crippen LogP contribution in [0.5, 0.6) is 0 Å². The van der Waals surface area contributed by atoms with Crippen LogP contribution in [0.2, 0.25) is 0 Å². The quantitative estimate of drug-likeness (QED) is 0.772. The van der Waals surface area contributed by atoms with E-state index in [0.29, 0.717) is 19.6 Å². The van der Waals surface area contributed by atoms with E-state index in [-0.39, 0.29) is 12.5 Å². The number of hydrogen-bond donors (Lipinski definition) is 0. The van der Waals surface area contributed by atoms with Gasteiger partial charge < -0.3 is 14.4 Å². The van der Waals surface area contributed by atoms with E-state index in [1.54, 1.807) is 16.2 Å². The maximum Gasteiger partial charge on any atom is 0.331 e. The van der Waals surface area contributed by atoms with Crippen molar-refractivity contribution in [1.82, 2.24) is 4.90 Å². The molecule has 0 saturated carbocycles. The van der Waals surface area contributed by atoms with E-state index in [0.717, 1.165) is 12.8 Å². The van der Waals surface area contributed by atoms with Crippen LogP contribution in [0.15, 0.2) is 17.5 Å². The van der Waals surface area contributed by atoms with Crippen molar-refractivity contribution in [1.29, 1.82) is 0 Å². The molecule has 1 saturated heterocycles. The van der Waals surface area contributed by atoms with Gasteiger partial charge in [0.1, 0.15) is 0 Å². The van der Waals surface area contributed by atoms with Crippen molar-refractivity contribution in [3.05, 3.63) is 22.4 Å². The van der Waals surface area contributed by atoms with Crippen molar-refractivity contribution in [3.8, 4) is 0 Å². The first-order valence-electron chi connectivity index (χ1n) is 6.70. The first kappa shape index (κ1) is 15.0. The summed E-state index contributed by atoms with van der Waals surface area (Å²) in [6.45, 7) is 1.16. The minimum absolute atomic E-state index is 0.000237. The molecular weight excluding hydrogens is 278 g/mol. The van der Waals surface area contributed by atoms with E-state index < -0.39 is 12.0 Å². The van der Waals surface area contributed by atoms with Gasteiger partial charge in [-0.15, -0.1) is 11.3 Å². The largest absolute Gasteiger partial charge is 0.467 e. The lowest BCUT2D eigenvalue weighted by Gasteiger charge is -2.33. The number of rotatable bonds is 5. The lowest BCUT2D eigenvalue weighted by Crippen LogP contribution is -2.53. The molecule has 1 aliphatic rings. The fraction of sp³-hybridized carbons (Fsp3) is 0.571. The Labute approximate surface area is 122 Å². The Kier molecular flexibility index (Phi) is 5.55. The second-order valence-corrected chi connectivity index (χ2v) is 5.67. The molecule has 0 N–H and O–H groups in total. The molecule has 110 valence electrons. The number of thiophene rings is 1. The first-order chi connectivity index (χ1) is 9.72. The summed E-state index contributed by atoms with van der Waals surface area (Å²) in [5.74, 6) is -0.406. The average molecular weight is 297 g/mol. The van der Waals surface area contributed by atoms with Crippen LogP contribution < -0.4 is 0 Å². The number of aryl methyl sites for hydroxylation is 1. The highest BCUT2D eigenvalue weighted by Crippen LogP contribution is 2.15. The van der Waals surface area contributed by atoms with Crippen molar-refractivity contribution < 1.29 is 19.1 Å². The van der Waals surface area contributed by atoms with Gasteiger partial charge in [0, 0.05) is 17.8 Å². The molecule has 0 spiro atoms. The molecular formula is C14H19NO4S. The van der Waals surface area contributed by atoms with Gasteiger partial charge in [-0.3, -0.25) is 4.79 Å². The molecule has 5 nitrogen and oxygen atoms in total. The summed E-state index contributed by atoms with van der Waals surface area (Å²) in [5.41, 5.74) is 0. The van der Waals surface area contributed by atoms with E-state index in [4.69, 9.17) is 9.47 Å².